The smallest absolute Gasteiger partial charge is 0.329 e. The van der Waals surface area contributed by atoms with Crippen LogP contribution in [0, 0.1) is 35.5 Å². The van der Waals surface area contributed by atoms with Gasteiger partial charge in [-0.25, -0.2) is 4.79 Å². The Morgan fingerprint density at radius 1 is 0.921 bits per heavy atom. The van der Waals surface area contributed by atoms with Crippen molar-refractivity contribution in [1.29, 1.82) is 0 Å². The van der Waals surface area contributed by atoms with Crippen molar-refractivity contribution in [2.45, 2.75) is 213 Å². The molecule has 2 bridgehead atoms. The van der Waals surface area contributed by atoms with Gasteiger partial charge in [0, 0.05) is 52.0 Å². The lowest BCUT2D eigenvalue weighted by atomic mass is 9.79. The zero-order valence-corrected chi connectivity index (χ0v) is 42.7. The number of fused-ring (bicyclic) bond motifs is 3. The summed E-state index contributed by atoms with van der Waals surface area (Å²) in [4.78, 5) is 45.4. The van der Waals surface area contributed by atoms with Crippen LogP contribution in [0.1, 0.15) is 140 Å². The van der Waals surface area contributed by atoms with E-state index >= 15 is 0 Å². The highest BCUT2D eigenvalue weighted by molar-refractivity contribution is 6.74. The number of aliphatic hydroxyl groups is 2. The maximum atomic E-state index is 14.8. The average Bonchev–Trinajstić information content (AvgIpc) is 3.23. The first kappa shape index (κ1) is 53.6. The minimum Gasteiger partial charge on any atom is -0.456 e. The highest BCUT2D eigenvalue weighted by Crippen LogP contribution is 2.43. The maximum absolute atomic E-state index is 14.8. The fourth-order valence-corrected chi connectivity index (χ4v) is 11.9. The monoisotopic (exact) mass is 906 g/mol. The molecule has 0 aromatic heterocycles. The molecule has 0 aromatic rings. The lowest BCUT2D eigenvalue weighted by Crippen LogP contribution is -2.66. The molecule has 362 valence electrons. The normalized spacial score (nSPS) is 40.0. The number of nitrogens with zero attached hydrogens (tertiary/aromatic N) is 1. The quantitative estimate of drug-likeness (QED) is 0.137. The highest BCUT2D eigenvalue weighted by Gasteiger charge is 2.56. The molecular weight excluding hydrogens is 819 g/mol. The molecule has 1 amide bonds. The van der Waals surface area contributed by atoms with Crippen LogP contribution in [0.15, 0.2) is 23.3 Å². The molecule has 1 saturated carbocycles. The van der Waals surface area contributed by atoms with Crippen LogP contribution in [-0.4, -0.2) is 124 Å². The fourth-order valence-electron chi connectivity index (χ4n) is 10.5. The number of amides is 1. The Balaban J connectivity index is 1.88. The SMILES string of the molecule is CC[C@@H]1/C=C(\C)C[C@H](C)C[C@H](OC)[C@H]2O[C@](O)([C@H](C)C[C@@H]2OC)[C@@H](O)C(=O)N2CCCC[C@H]2C(=O)O[C@H](/C(C)=C/C2CC[C@@H](C)[C@H](OC)C2)[C@@H](C)[C@@H](O[Si](C)(C)C(C)(C)C)CC1=O. The zero-order valence-electron chi connectivity index (χ0n) is 41.7. The van der Waals surface area contributed by atoms with Gasteiger partial charge in [0.05, 0.1) is 24.4 Å². The minimum atomic E-state index is -2.48. The first-order valence-corrected chi connectivity index (χ1v) is 27.1. The van der Waals surface area contributed by atoms with Crippen molar-refractivity contribution < 1.29 is 52.7 Å². The molecule has 1 unspecified atom stereocenters. The molecule has 2 saturated heterocycles. The second kappa shape index (κ2) is 22.7. The molecule has 4 rings (SSSR count). The van der Waals surface area contributed by atoms with Gasteiger partial charge in [0.2, 0.25) is 5.79 Å². The van der Waals surface area contributed by atoms with Crippen LogP contribution in [-0.2, 0) is 42.5 Å². The Morgan fingerprint density at radius 3 is 2.16 bits per heavy atom. The minimum absolute atomic E-state index is 0.0848. The number of rotatable bonds is 8. The van der Waals surface area contributed by atoms with E-state index < -0.39 is 80.5 Å². The van der Waals surface area contributed by atoms with Crippen molar-refractivity contribution in [2.75, 3.05) is 27.9 Å². The van der Waals surface area contributed by atoms with Gasteiger partial charge in [-0.1, -0.05) is 73.1 Å². The summed E-state index contributed by atoms with van der Waals surface area (Å²) < 4.78 is 38.2. The van der Waals surface area contributed by atoms with Crippen molar-refractivity contribution in [3.8, 4) is 0 Å². The van der Waals surface area contributed by atoms with Crippen molar-refractivity contribution in [1.82, 2.24) is 4.90 Å². The van der Waals surface area contributed by atoms with E-state index in [0.29, 0.717) is 50.9 Å². The van der Waals surface area contributed by atoms with E-state index in [1.54, 1.807) is 28.3 Å². The Hall–Kier alpha value is -1.97. The summed E-state index contributed by atoms with van der Waals surface area (Å²) in [5.41, 5.74) is 1.95. The molecule has 2 N–H and O–H groups in total. The van der Waals surface area contributed by atoms with Gasteiger partial charge < -0.3 is 43.2 Å². The summed E-state index contributed by atoms with van der Waals surface area (Å²) in [6.07, 6.45) is 6.03. The van der Waals surface area contributed by atoms with Crippen LogP contribution in [0.25, 0.3) is 0 Å². The maximum Gasteiger partial charge on any atom is 0.329 e. The molecule has 3 fully saturated rings. The summed E-state index contributed by atoms with van der Waals surface area (Å²) in [5, 5.41) is 24.1. The Kier molecular flexibility index (Phi) is 19.3. The molecule has 3 aliphatic heterocycles. The lowest BCUT2D eigenvalue weighted by Gasteiger charge is -2.49. The van der Waals surface area contributed by atoms with Crippen molar-refractivity contribution in [3.63, 3.8) is 0 Å². The number of hydrogen-bond donors (Lipinski definition) is 2. The second-order valence-electron chi connectivity index (χ2n) is 21.6. The number of esters is 1. The number of Topliss-reactive ketones (excluding diaryl/α,β-unsaturated/α-hetero) is 1. The number of ether oxygens (including phenoxy) is 5. The number of allylic oxidation sites excluding steroid dienone is 3. The standard InChI is InChI=1S/C50H87NO11Si/c1-16-37-24-30(2)23-31(3)25-42(58-12)45-43(59-13)27-34(6)50(56,61-45)46(53)47(54)51-22-18-17-19-38(51)48(55)60-44(33(5)26-36-21-20-32(4)40(28-36)57-11)35(7)41(29-39(37)52)62-63(14,15)49(8,9)10/h24,26,31-32,34-38,40-46,53,56H,16-23,25,27-29H2,1-15H3/b30-24+,33-26+/t31-,32+,34+,35-,36?,37+,38-,40+,41-,42-,43-,44+,45+,46-,50+/m0/s1. The van der Waals surface area contributed by atoms with Crippen LogP contribution >= 0.6 is 0 Å². The van der Waals surface area contributed by atoms with Gasteiger partial charge in [-0.2, -0.15) is 0 Å². The number of ketones is 1. The number of piperidine rings is 1. The van der Waals surface area contributed by atoms with Crippen LogP contribution in [0.5, 0.6) is 0 Å². The number of methoxy groups -OCH3 is 3. The van der Waals surface area contributed by atoms with Gasteiger partial charge >= 0.3 is 5.97 Å². The largest absolute Gasteiger partial charge is 0.456 e. The van der Waals surface area contributed by atoms with E-state index in [2.05, 4.69) is 66.8 Å². The van der Waals surface area contributed by atoms with Gasteiger partial charge in [0.25, 0.3) is 5.91 Å². The summed E-state index contributed by atoms with van der Waals surface area (Å²) in [5.74, 6) is -4.33. The topological polar surface area (TPSA) is 150 Å². The molecule has 1 aliphatic carbocycles. The van der Waals surface area contributed by atoms with E-state index in [4.69, 9.17) is 28.1 Å². The predicted octanol–water partition coefficient (Wildman–Crippen LogP) is 8.57. The summed E-state index contributed by atoms with van der Waals surface area (Å²) in [6.45, 7) is 25.4. The molecule has 0 spiro atoms. The number of carbonyl (C=O) groups is 3. The third-order valence-corrected chi connectivity index (χ3v) is 20.2. The Bertz CT molecular complexity index is 1590. The first-order valence-electron chi connectivity index (χ1n) is 24.2. The molecule has 13 heteroatoms. The number of hydrogen-bond acceptors (Lipinski definition) is 11. The lowest BCUT2D eigenvalue weighted by molar-refractivity contribution is -0.346. The summed E-state index contributed by atoms with van der Waals surface area (Å²) in [7, 11) is 2.45. The van der Waals surface area contributed by atoms with Gasteiger partial charge in [-0.05, 0) is 120 Å². The van der Waals surface area contributed by atoms with Gasteiger partial charge in [0.1, 0.15) is 24.0 Å². The third-order valence-electron chi connectivity index (χ3n) is 15.7. The fraction of sp³-hybridized carbons (Fsp3) is 0.860. The molecule has 0 radical (unpaired) electrons. The number of aliphatic hydroxyl groups excluding tert-OH is 1. The van der Waals surface area contributed by atoms with E-state index in [1.807, 2.05) is 20.8 Å². The molecule has 3 heterocycles. The molecule has 15 atom stereocenters. The van der Waals surface area contributed by atoms with Gasteiger partial charge in [-0.15, -0.1) is 0 Å². The van der Waals surface area contributed by atoms with Gasteiger partial charge in [-0.3, -0.25) is 9.59 Å². The molecule has 0 aromatic carbocycles. The molecular formula is C50H87NO11Si. The van der Waals surface area contributed by atoms with E-state index in [0.717, 1.165) is 30.4 Å². The summed E-state index contributed by atoms with van der Waals surface area (Å²) in [6, 6.07) is -1.01. The van der Waals surface area contributed by atoms with E-state index in [-0.39, 0.29) is 47.6 Å². The van der Waals surface area contributed by atoms with Crippen molar-refractivity contribution in [2.24, 2.45) is 35.5 Å². The average molecular weight is 906 g/mol. The molecule has 63 heavy (non-hydrogen) atoms. The molecule has 12 nitrogen and oxygen atoms in total. The van der Waals surface area contributed by atoms with E-state index in [1.165, 1.54) is 4.90 Å². The molecule has 4 aliphatic rings. The predicted molar refractivity (Wildman–Crippen MR) is 248 cm³/mol. The first-order chi connectivity index (χ1) is 29.4. The van der Waals surface area contributed by atoms with Crippen LogP contribution in [0.3, 0.4) is 0 Å². The number of cyclic esters (lactones) is 1. The van der Waals surface area contributed by atoms with E-state index in [9.17, 15) is 24.6 Å². The zero-order chi connectivity index (χ0) is 47.2. The van der Waals surface area contributed by atoms with Crippen LogP contribution in [0.4, 0.5) is 0 Å². The van der Waals surface area contributed by atoms with Crippen molar-refractivity contribution >= 4 is 26.0 Å². The Labute approximate surface area is 381 Å². The van der Waals surface area contributed by atoms with Crippen LogP contribution < -0.4 is 0 Å². The van der Waals surface area contributed by atoms with Crippen LogP contribution in [0.2, 0.25) is 18.1 Å². The van der Waals surface area contributed by atoms with Gasteiger partial charge in [0.15, 0.2) is 14.4 Å². The Morgan fingerprint density at radius 2 is 1.56 bits per heavy atom. The number of carbonyl (C=O) groups excluding carboxylic acids is 3. The van der Waals surface area contributed by atoms with Crippen molar-refractivity contribution in [3.05, 3.63) is 23.3 Å². The third kappa shape index (κ3) is 12.9. The summed E-state index contributed by atoms with van der Waals surface area (Å²) >= 11 is 0. The second-order valence-corrected chi connectivity index (χ2v) is 26.3. The highest BCUT2D eigenvalue weighted by atomic mass is 28.4.